The van der Waals surface area contributed by atoms with E-state index in [9.17, 15) is 9.50 Å². The lowest BCUT2D eigenvalue weighted by Gasteiger charge is -2.25. The van der Waals surface area contributed by atoms with Crippen LogP contribution in [0.15, 0.2) is 42.5 Å². The molecule has 124 valence electrons. The summed E-state index contributed by atoms with van der Waals surface area (Å²) in [6, 6.07) is 14.3. The highest BCUT2D eigenvalue weighted by molar-refractivity contribution is 5.35. The number of rotatable bonds is 4. The Morgan fingerprint density at radius 1 is 1.33 bits per heavy atom. The molecule has 24 heavy (non-hydrogen) atoms. The van der Waals surface area contributed by atoms with E-state index in [0.717, 1.165) is 16.9 Å². The van der Waals surface area contributed by atoms with Crippen LogP contribution in [0, 0.1) is 17.1 Å². The summed E-state index contributed by atoms with van der Waals surface area (Å²) in [5.74, 6) is 0.273. The van der Waals surface area contributed by atoms with Gasteiger partial charge in [0.1, 0.15) is 17.6 Å². The largest absolute Gasteiger partial charge is 0.497 e. The van der Waals surface area contributed by atoms with Gasteiger partial charge in [0.15, 0.2) is 0 Å². The van der Waals surface area contributed by atoms with Crippen LogP contribution in [0.4, 0.5) is 4.39 Å². The minimum Gasteiger partial charge on any atom is -0.497 e. The quantitative estimate of drug-likeness (QED) is 0.938. The zero-order valence-corrected chi connectivity index (χ0v) is 13.4. The lowest BCUT2D eigenvalue weighted by Crippen LogP contribution is -2.24. The third-order valence-electron chi connectivity index (χ3n) is 4.40. The molecule has 1 aliphatic heterocycles. The van der Waals surface area contributed by atoms with Crippen molar-refractivity contribution < 1.29 is 14.2 Å². The van der Waals surface area contributed by atoms with E-state index in [1.807, 2.05) is 30.3 Å². The zero-order chi connectivity index (χ0) is 17.1. The van der Waals surface area contributed by atoms with Gasteiger partial charge in [-0.3, -0.25) is 4.90 Å². The molecular weight excluding hydrogens is 307 g/mol. The molecule has 1 heterocycles. The van der Waals surface area contributed by atoms with Gasteiger partial charge < -0.3 is 9.84 Å². The Morgan fingerprint density at radius 3 is 2.92 bits per heavy atom. The summed E-state index contributed by atoms with van der Waals surface area (Å²) in [4.78, 5) is 2.15. The number of aliphatic hydroxyl groups excluding tert-OH is 1. The standard InChI is InChI=1S/C19H19FN2O2/c1-24-17-4-2-3-14(8-17)19-9-16(23)12-22(19)11-13-5-6-18(20)15(7-13)10-21/h2-8,16,19,23H,9,11-12H2,1H3/t16-,19+/m0/s1. The van der Waals surface area contributed by atoms with Gasteiger partial charge in [0, 0.05) is 19.1 Å². The van der Waals surface area contributed by atoms with Crippen LogP contribution in [0.2, 0.25) is 0 Å². The van der Waals surface area contributed by atoms with Gasteiger partial charge in [-0.2, -0.15) is 5.26 Å². The minimum atomic E-state index is -0.507. The summed E-state index contributed by atoms with van der Waals surface area (Å²) in [7, 11) is 1.63. The highest BCUT2D eigenvalue weighted by Gasteiger charge is 2.32. The topological polar surface area (TPSA) is 56.5 Å². The highest BCUT2D eigenvalue weighted by Crippen LogP contribution is 2.34. The van der Waals surface area contributed by atoms with Crippen LogP contribution in [0.3, 0.4) is 0 Å². The Bertz CT molecular complexity index is 772. The van der Waals surface area contributed by atoms with Gasteiger partial charge in [-0.1, -0.05) is 18.2 Å². The summed E-state index contributed by atoms with van der Waals surface area (Å²) >= 11 is 0. The van der Waals surface area contributed by atoms with Gasteiger partial charge in [-0.15, -0.1) is 0 Å². The molecule has 1 saturated heterocycles. The van der Waals surface area contributed by atoms with Gasteiger partial charge in [0.25, 0.3) is 0 Å². The van der Waals surface area contributed by atoms with E-state index in [1.165, 1.54) is 6.07 Å². The number of benzene rings is 2. The second-order valence-electron chi connectivity index (χ2n) is 6.04. The summed E-state index contributed by atoms with van der Waals surface area (Å²) in [6.45, 7) is 1.09. The van der Waals surface area contributed by atoms with E-state index in [-0.39, 0.29) is 11.6 Å². The molecule has 0 amide bonds. The number of methoxy groups -OCH3 is 1. The van der Waals surface area contributed by atoms with E-state index in [2.05, 4.69) is 4.90 Å². The van der Waals surface area contributed by atoms with Crippen molar-refractivity contribution >= 4 is 0 Å². The maximum atomic E-state index is 13.5. The molecule has 0 aromatic heterocycles. The number of aliphatic hydroxyl groups is 1. The fourth-order valence-corrected chi connectivity index (χ4v) is 3.24. The third kappa shape index (κ3) is 3.40. The molecule has 1 aliphatic rings. The first kappa shape index (κ1) is 16.4. The van der Waals surface area contributed by atoms with E-state index >= 15 is 0 Å². The second kappa shape index (κ2) is 7.00. The monoisotopic (exact) mass is 326 g/mol. The number of nitriles is 1. The van der Waals surface area contributed by atoms with Crippen LogP contribution in [0.1, 0.15) is 29.2 Å². The van der Waals surface area contributed by atoms with Crippen LogP contribution in [-0.4, -0.2) is 29.8 Å². The average Bonchev–Trinajstić information content (AvgIpc) is 2.97. The van der Waals surface area contributed by atoms with Gasteiger partial charge in [-0.05, 0) is 41.8 Å². The van der Waals surface area contributed by atoms with Gasteiger partial charge in [0.2, 0.25) is 0 Å². The van der Waals surface area contributed by atoms with E-state index in [4.69, 9.17) is 10.00 Å². The normalized spacial score (nSPS) is 20.8. The molecule has 2 aromatic rings. The Balaban J connectivity index is 1.84. The first-order valence-corrected chi connectivity index (χ1v) is 7.85. The molecule has 1 N–H and O–H groups in total. The Kier molecular flexibility index (Phi) is 4.79. The number of hydrogen-bond acceptors (Lipinski definition) is 4. The first-order chi connectivity index (χ1) is 11.6. The van der Waals surface area contributed by atoms with Crippen LogP contribution < -0.4 is 4.74 Å². The Hall–Kier alpha value is -2.42. The van der Waals surface area contributed by atoms with Gasteiger partial charge >= 0.3 is 0 Å². The van der Waals surface area contributed by atoms with Gasteiger partial charge in [-0.25, -0.2) is 4.39 Å². The zero-order valence-electron chi connectivity index (χ0n) is 13.4. The van der Waals surface area contributed by atoms with Crippen LogP contribution in [0.5, 0.6) is 5.75 Å². The van der Waals surface area contributed by atoms with Crippen molar-refractivity contribution in [3.63, 3.8) is 0 Å². The molecule has 0 radical (unpaired) electrons. The Labute approximate surface area is 140 Å². The molecule has 0 spiro atoms. The summed E-state index contributed by atoms with van der Waals surface area (Å²) in [6.07, 6.45) is 0.233. The second-order valence-corrected chi connectivity index (χ2v) is 6.04. The molecule has 1 fully saturated rings. The number of nitrogens with zero attached hydrogens (tertiary/aromatic N) is 2. The molecule has 3 rings (SSSR count). The molecule has 2 atom stereocenters. The lowest BCUT2D eigenvalue weighted by molar-refractivity contribution is 0.172. The predicted molar refractivity (Wildman–Crippen MR) is 87.9 cm³/mol. The number of hydrogen-bond donors (Lipinski definition) is 1. The summed E-state index contributed by atoms with van der Waals surface area (Å²) < 4.78 is 18.8. The minimum absolute atomic E-state index is 0.0465. The van der Waals surface area contributed by atoms with E-state index in [1.54, 1.807) is 19.2 Å². The molecule has 0 aliphatic carbocycles. The number of likely N-dealkylation sites (tertiary alicyclic amines) is 1. The lowest BCUT2D eigenvalue weighted by atomic mass is 10.0. The maximum Gasteiger partial charge on any atom is 0.140 e. The number of β-amino-alcohol motifs (C(OH)–C–C–N with tert-alkyl or cyclic N) is 1. The maximum absolute atomic E-state index is 13.5. The summed E-state index contributed by atoms with van der Waals surface area (Å²) in [5, 5.41) is 19.1. The van der Waals surface area contributed by atoms with Crippen molar-refractivity contribution in [1.29, 1.82) is 5.26 Å². The molecule has 2 aromatic carbocycles. The highest BCUT2D eigenvalue weighted by atomic mass is 19.1. The third-order valence-corrected chi connectivity index (χ3v) is 4.40. The van der Waals surface area contributed by atoms with Crippen molar-refractivity contribution in [2.45, 2.75) is 25.1 Å². The molecular formula is C19H19FN2O2. The van der Waals surface area contributed by atoms with Gasteiger partial charge in [0.05, 0.1) is 18.8 Å². The predicted octanol–water partition coefficient (Wildman–Crippen LogP) is 3.01. The fourth-order valence-electron chi connectivity index (χ4n) is 3.24. The number of ether oxygens (including phenoxy) is 1. The molecule has 0 saturated carbocycles. The Morgan fingerprint density at radius 2 is 2.17 bits per heavy atom. The van der Waals surface area contributed by atoms with E-state index in [0.29, 0.717) is 19.5 Å². The number of halogens is 1. The fraction of sp³-hybridized carbons (Fsp3) is 0.316. The smallest absolute Gasteiger partial charge is 0.140 e. The molecule has 4 nitrogen and oxygen atoms in total. The van der Waals surface area contributed by atoms with E-state index < -0.39 is 11.9 Å². The van der Waals surface area contributed by atoms with Crippen molar-refractivity contribution in [3.8, 4) is 11.8 Å². The SMILES string of the molecule is COc1cccc([C@H]2C[C@H](O)CN2Cc2ccc(F)c(C#N)c2)c1. The van der Waals surface area contributed by atoms with Crippen molar-refractivity contribution in [1.82, 2.24) is 4.90 Å². The molecule has 5 heteroatoms. The van der Waals surface area contributed by atoms with Crippen LogP contribution >= 0.6 is 0 Å². The van der Waals surface area contributed by atoms with Crippen LogP contribution in [-0.2, 0) is 6.54 Å². The van der Waals surface area contributed by atoms with Crippen molar-refractivity contribution in [2.24, 2.45) is 0 Å². The van der Waals surface area contributed by atoms with Crippen molar-refractivity contribution in [2.75, 3.05) is 13.7 Å². The van der Waals surface area contributed by atoms with Crippen molar-refractivity contribution in [3.05, 3.63) is 65.0 Å². The average molecular weight is 326 g/mol. The summed E-state index contributed by atoms with van der Waals surface area (Å²) in [5.41, 5.74) is 1.98. The molecule has 0 unspecified atom stereocenters. The first-order valence-electron chi connectivity index (χ1n) is 7.85. The molecule has 0 bridgehead atoms. The van der Waals surface area contributed by atoms with Crippen LogP contribution in [0.25, 0.3) is 0 Å².